The Morgan fingerprint density at radius 2 is 2.27 bits per heavy atom. The summed E-state index contributed by atoms with van der Waals surface area (Å²) in [4.78, 5) is 4.57. The standard InChI is InChI=1S/C11H12N2OS/c14-7-5-9(12-6-7)11-13-8-3-1-2-4-10(8)15-11/h1-4,7,9,12,14H,5-6H2/t7-,9?/m1/s1. The van der Waals surface area contributed by atoms with Crippen molar-refractivity contribution in [3.05, 3.63) is 29.3 Å². The molecule has 3 nitrogen and oxygen atoms in total. The second kappa shape index (κ2) is 3.56. The molecule has 0 spiro atoms. The highest BCUT2D eigenvalue weighted by atomic mass is 32.1. The molecule has 15 heavy (non-hydrogen) atoms. The van der Waals surface area contributed by atoms with Crippen molar-refractivity contribution in [2.45, 2.75) is 18.6 Å². The van der Waals surface area contributed by atoms with Crippen molar-refractivity contribution in [2.75, 3.05) is 6.54 Å². The summed E-state index contributed by atoms with van der Waals surface area (Å²) in [6, 6.07) is 8.38. The van der Waals surface area contributed by atoms with Crippen LogP contribution in [0.1, 0.15) is 17.5 Å². The van der Waals surface area contributed by atoms with Crippen molar-refractivity contribution in [2.24, 2.45) is 0 Å². The Morgan fingerprint density at radius 3 is 3.00 bits per heavy atom. The number of aliphatic hydroxyl groups is 1. The lowest BCUT2D eigenvalue weighted by Gasteiger charge is -2.03. The molecule has 0 radical (unpaired) electrons. The van der Waals surface area contributed by atoms with Crippen LogP contribution >= 0.6 is 11.3 Å². The molecule has 4 heteroatoms. The van der Waals surface area contributed by atoms with Gasteiger partial charge < -0.3 is 10.4 Å². The molecule has 1 aromatic carbocycles. The number of hydrogen-bond donors (Lipinski definition) is 2. The van der Waals surface area contributed by atoms with Gasteiger partial charge in [0.2, 0.25) is 0 Å². The molecule has 1 fully saturated rings. The van der Waals surface area contributed by atoms with Crippen molar-refractivity contribution in [3.8, 4) is 0 Å². The third kappa shape index (κ3) is 1.65. The summed E-state index contributed by atoms with van der Waals surface area (Å²) < 4.78 is 1.22. The fraction of sp³-hybridized carbons (Fsp3) is 0.364. The highest BCUT2D eigenvalue weighted by Crippen LogP contribution is 2.30. The predicted molar refractivity (Wildman–Crippen MR) is 61.0 cm³/mol. The number of aliphatic hydroxyl groups excluding tert-OH is 1. The van der Waals surface area contributed by atoms with E-state index in [0.717, 1.165) is 16.9 Å². The minimum Gasteiger partial charge on any atom is -0.392 e. The Kier molecular flexibility index (Phi) is 2.20. The number of thiazole rings is 1. The van der Waals surface area contributed by atoms with Crippen molar-refractivity contribution < 1.29 is 5.11 Å². The zero-order chi connectivity index (χ0) is 10.3. The number of nitrogens with one attached hydrogen (secondary N) is 1. The van der Waals surface area contributed by atoms with E-state index in [0.29, 0.717) is 6.54 Å². The molecule has 0 aliphatic carbocycles. The summed E-state index contributed by atoms with van der Waals surface area (Å²) in [6.07, 6.45) is 0.557. The third-order valence-electron chi connectivity index (χ3n) is 2.72. The number of β-amino-alcohol motifs (C(OH)–C–C–N with tert-alkyl or cyclic N) is 1. The van der Waals surface area contributed by atoms with E-state index in [-0.39, 0.29) is 12.1 Å². The number of rotatable bonds is 1. The molecule has 2 heterocycles. The smallest absolute Gasteiger partial charge is 0.111 e. The first kappa shape index (κ1) is 9.27. The Balaban J connectivity index is 1.98. The molecule has 2 atom stereocenters. The monoisotopic (exact) mass is 220 g/mol. The molecule has 1 aliphatic heterocycles. The maximum absolute atomic E-state index is 9.45. The molecule has 0 saturated carbocycles. The van der Waals surface area contributed by atoms with Gasteiger partial charge in [0.1, 0.15) is 5.01 Å². The highest BCUT2D eigenvalue weighted by molar-refractivity contribution is 7.18. The average molecular weight is 220 g/mol. The zero-order valence-corrected chi connectivity index (χ0v) is 9.00. The van der Waals surface area contributed by atoms with Gasteiger partial charge in [-0.3, -0.25) is 0 Å². The summed E-state index contributed by atoms with van der Waals surface area (Å²) in [5.41, 5.74) is 1.06. The van der Waals surface area contributed by atoms with Crippen LogP contribution in [0.2, 0.25) is 0 Å². The Bertz CT molecular complexity index is 449. The molecule has 78 valence electrons. The molecular weight excluding hydrogens is 208 g/mol. The summed E-state index contributed by atoms with van der Waals surface area (Å²) in [7, 11) is 0. The van der Waals surface area contributed by atoms with Gasteiger partial charge in [0.15, 0.2) is 0 Å². The Morgan fingerprint density at radius 1 is 1.40 bits per heavy atom. The maximum Gasteiger partial charge on any atom is 0.111 e. The normalized spacial score (nSPS) is 26.2. The molecule has 1 unspecified atom stereocenters. The minimum absolute atomic E-state index is 0.220. The van der Waals surface area contributed by atoms with Crippen molar-refractivity contribution >= 4 is 21.6 Å². The number of benzene rings is 1. The highest BCUT2D eigenvalue weighted by Gasteiger charge is 2.25. The number of nitrogens with zero attached hydrogens (tertiary/aromatic N) is 1. The van der Waals surface area contributed by atoms with E-state index >= 15 is 0 Å². The van der Waals surface area contributed by atoms with Gasteiger partial charge in [0.05, 0.1) is 22.4 Å². The van der Waals surface area contributed by atoms with E-state index in [1.165, 1.54) is 4.70 Å². The van der Waals surface area contributed by atoms with Crippen molar-refractivity contribution in [3.63, 3.8) is 0 Å². The van der Waals surface area contributed by atoms with Gasteiger partial charge in [0, 0.05) is 6.54 Å². The first-order valence-corrected chi connectivity index (χ1v) is 5.91. The second-order valence-corrected chi connectivity index (χ2v) is 4.93. The summed E-state index contributed by atoms with van der Waals surface area (Å²) >= 11 is 1.71. The third-order valence-corrected chi connectivity index (χ3v) is 3.87. The summed E-state index contributed by atoms with van der Waals surface area (Å²) in [6.45, 7) is 0.681. The number of aromatic nitrogens is 1. The maximum atomic E-state index is 9.45. The van der Waals surface area contributed by atoms with E-state index in [2.05, 4.69) is 16.4 Å². The SMILES string of the molecule is O[C@H]1CNC(c2nc3ccccc3s2)C1. The van der Waals surface area contributed by atoms with Gasteiger partial charge in [-0.15, -0.1) is 11.3 Å². The first-order valence-electron chi connectivity index (χ1n) is 5.10. The molecule has 3 rings (SSSR count). The second-order valence-electron chi connectivity index (χ2n) is 3.87. The van der Waals surface area contributed by atoms with Crippen LogP contribution in [0.3, 0.4) is 0 Å². The summed E-state index contributed by atoms with van der Waals surface area (Å²) in [5, 5.41) is 13.8. The lowest BCUT2D eigenvalue weighted by Crippen LogP contribution is -2.14. The van der Waals surface area contributed by atoms with Crippen molar-refractivity contribution in [1.82, 2.24) is 10.3 Å². The van der Waals surface area contributed by atoms with Crippen LogP contribution in [0.25, 0.3) is 10.2 Å². The fourth-order valence-corrected chi connectivity index (χ4v) is 3.00. The van der Waals surface area contributed by atoms with Crippen LogP contribution in [-0.2, 0) is 0 Å². The number of para-hydroxylation sites is 1. The molecule has 1 saturated heterocycles. The van der Waals surface area contributed by atoms with Crippen LogP contribution in [0.5, 0.6) is 0 Å². The van der Waals surface area contributed by atoms with Crippen molar-refractivity contribution in [1.29, 1.82) is 0 Å². The molecule has 1 aromatic heterocycles. The fourth-order valence-electron chi connectivity index (χ4n) is 1.94. The molecule has 0 amide bonds. The molecule has 2 aromatic rings. The Labute approximate surface area is 91.8 Å². The Hall–Kier alpha value is -0.970. The van der Waals surface area contributed by atoms with Gasteiger partial charge in [-0.25, -0.2) is 4.98 Å². The predicted octanol–water partition coefficient (Wildman–Crippen LogP) is 1.69. The van der Waals surface area contributed by atoms with E-state index in [4.69, 9.17) is 0 Å². The molecule has 1 aliphatic rings. The first-order chi connectivity index (χ1) is 7.33. The lowest BCUT2D eigenvalue weighted by molar-refractivity contribution is 0.193. The van der Waals surface area contributed by atoms with Crippen LogP contribution < -0.4 is 5.32 Å². The van der Waals surface area contributed by atoms with E-state index in [1.807, 2.05) is 18.2 Å². The van der Waals surface area contributed by atoms with Gasteiger partial charge >= 0.3 is 0 Å². The van der Waals surface area contributed by atoms with Gasteiger partial charge in [-0.05, 0) is 18.6 Å². The van der Waals surface area contributed by atoms with Crippen LogP contribution in [0.15, 0.2) is 24.3 Å². The quantitative estimate of drug-likeness (QED) is 0.768. The molecule has 0 bridgehead atoms. The summed E-state index contributed by atoms with van der Waals surface area (Å²) in [5.74, 6) is 0. The van der Waals surface area contributed by atoms with E-state index < -0.39 is 0 Å². The van der Waals surface area contributed by atoms with Gasteiger partial charge in [-0.2, -0.15) is 0 Å². The van der Waals surface area contributed by atoms with Gasteiger partial charge in [-0.1, -0.05) is 12.1 Å². The van der Waals surface area contributed by atoms with E-state index in [9.17, 15) is 5.11 Å². The van der Waals surface area contributed by atoms with E-state index in [1.54, 1.807) is 11.3 Å². The zero-order valence-electron chi connectivity index (χ0n) is 8.18. The average Bonchev–Trinajstić information content (AvgIpc) is 2.82. The van der Waals surface area contributed by atoms with Gasteiger partial charge in [0.25, 0.3) is 0 Å². The largest absolute Gasteiger partial charge is 0.392 e. The van der Waals surface area contributed by atoms with Crippen LogP contribution in [0, 0.1) is 0 Å². The van der Waals surface area contributed by atoms with Crippen LogP contribution in [0.4, 0.5) is 0 Å². The van der Waals surface area contributed by atoms with Crippen LogP contribution in [-0.4, -0.2) is 22.7 Å². The topological polar surface area (TPSA) is 45.1 Å². The number of hydrogen-bond acceptors (Lipinski definition) is 4. The molecule has 2 N–H and O–H groups in total. The minimum atomic E-state index is -0.220. The lowest BCUT2D eigenvalue weighted by atomic mass is 10.2. The molecular formula is C11H12N2OS. The number of fused-ring (bicyclic) bond motifs is 1.